The number of ether oxygens (including phenoxy) is 1. The lowest BCUT2D eigenvalue weighted by atomic mass is 9.92. The monoisotopic (exact) mass is 466 g/mol. The average molecular weight is 468 g/mol. The molecule has 0 bridgehead atoms. The topological polar surface area (TPSA) is 29.5 Å². The molecule has 0 fully saturated rings. The second-order valence-corrected chi connectivity index (χ2v) is 8.44. The van der Waals surface area contributed by atoms with Crippen LogP contribution in [0.15, 0.2) is 33.2 Å². The summed E-state index contributed by atoms with van der Waals surface area (Å²) in [7, 11) is 1.72. The molecule has 0 aromatic heterocycles. The molecule has 0 radical (unpaired) electrons. The van der Waals surface area contributed by atoms with Crippen LogP contribution in [0.3, 0.4) is 0 Å². The number of benzene rings is 2. The Labute approximate surface area is 166 Å². The summed E-state index contributed by atoms with van der Waals surface area (Å²) in [5.41, 5.74) is 5.64. The van der Waals surface area contributed by atoms with E-state index < -0.39 is 0 Å². The van der Waals surface area contributed by atoms with Gasteiger partial charge in [0, 0.05) is 8.95 Å². The molecule has 2 aromatic rings. The number of aryl methyl sites for hydroxylation is 2. The molecule has 2 nitrogen and oxygen atoms in total. The Morgan fingerprint density at radius 3 is 1.88 bits per heavy atom. The van der Waals surface area contributed by atoms with Gasteiger partial charge in [0.05, 0.1) is 7.11 Å². The van der Waals surface area contributed by atoms with Crippen LogP contribution in [0, 0.1) is 0 Å². The summed E-state index contributed by atoms with van der Waals surface area (Å²) in [6.07, 6.45) is 9.83. The minimum absolute atomic E-state index is 0.377. The number of phenolic OH excluding ortho intramolecular Hbond substituents is 1. The molecule has 0 saturated carbocycles. The van der Waals surface area contributed by atoms with E-state index in [2.05, 4.69) is 44.0 Å². The third-order valence-corrected chi connectivity index (χ3v) is 6.43. The molecule has 1 N–H and O–H groups in total. The Morgan fingerprint density at radius 2 is 1.28 bits per heavy atom. The molecule has 0 heterocycles. The van der Waals surface area contributed by atoms with Gasteiger partial charge in [0.25, 0.3) is 0 Å². The molecule has 4 rings (SSSR count). The van der Waals surface area contributed by atoms with Gasteiger partial charge < -0.3 is 9.84 Å². The van der Waals surface area contributed by atoms with Crippen LogP contribution < -0.4 is 4.74 Å². The van der Waals surface area contributed by atoms with Gasteiger partial charge in [0.1, 0.15) is 11.5 Å². The van der Waals surface area contributed by atoms with Crippen molar-refractivity contribution in [1.82, 2.24) is 0 Å². The number of hydrogen-bond donors (Lipinski definition) is 1. The second-order valence-electron chi connectivity index (χ2n) is 6.73. The molecular formula is C21H24Br2O2. The Balaban J connectivity index is 0.000000146. The van der Waals surface area contributed by atoms with E-state index in [4.69, 9.17) is 4.74 Å². The summed E-state index contributed by atoms with van der Waals surface area (Å²) < 4.78 is 7.51. The van der Waals surface area contributed by atoms with E-state index in [0.717, 1.165) is 23.1 Å². The Hall–Kier alpha value is -1.00. The minimum Gasteiger partial charge on any atom is -0.508 e. The van der Waals surface area contributed by atoms with Crippen molar-refractivity contribution >= 4 is 31.9 Å². The number of hydrogen-bond acceptors (Lipinski definition) is 2. The van der Waals surface area contributed by atoms with Crippen LogP contribution >= 0.6 is 31.9 Å². The highest BCUT2D eigenvalue weighted by Gasteiger charge is 2.14. The SMILES string of the molecule is COc1cc(Br)c2c(c1)CCCC2.Oc1cc(Br)c2c(c1)CCCC2. The quantitative estimate of drug-likeness (QED) is 0.527. The van der Waals surface area contributed by atoms with Crippen LogP contribution in [0.4, 0.5) is 0 Å². The van der Waals surface area contributed by atoms with Crippen LogP contribution in [0.25, 0.3) is 0 Å². The van der Waals surface area contributed by atoms with Crippen LogP contribution in [0.5, 0.6) is 11.5 Å². The highest BCUT2D eigenvalue weighted by Crippen LogP contribution is 2.33. The molecule has 0 spiro atoms. The zero-order valence-electron chi connectivity index (χ0n) is 14.6. The van der Waals surface area contributed by atoms with Crippen LogP contribution in [0.1, 0.15) is 47.9 Å². The summed E-state index contributed by atoms with van der Waals surface area (Å²) in [5.74, 6) is 1.34. The molecule has 2 aromatic carbocycles. The van der Waals surface area contributed by atoms with E-state index in [1.165, 1.54) is 65.3 Å². The Kier molecular flexibility index (Phi) is 6.45. The highest BCUT2D eigenvalue weighted by molar-refractivity contribution is 9.10. The number of aromatic hydroxyl groups is 1. The smallest absolute Gasteiger partial charge is 0.120 e. The first-order valence-electron chi connectivity index (χ1n) is 8.94. The van der Waals surface area contributed by atoms with Crippen LogP contribution in [-0.2, 0) is 25.7 Å². The van der Waals surface area contributed by atoms with Crippen LogP contribution in [0.2, 0.25) is 0 Å². The molecule has 2 aliphatic rings. The van der Waals surface area contributed by atoms with Crippen LogP contribution in [-0.4, -0.2) is 12.2 Å². The number of phenols is 1. The van der Waals surface area contributed by atoms with Crippen molar-refractivity contribution in [1.29, 1.82) is 0 Å². The predicted molar refractivity (Wildman–Crippen MR) is 110 cm³/mol. The third-order valence-electron chi connectivity index (χ3n) is 5.02. The highest BCUT2D eigenvalue weighted by atomic mass is 79.9. The standard InChI is InChI=1S/C11H13BrO.C10H11BrO/c1-13-9-6-8-4-2-3-5-10(8)11(12)7-9;11-10-6-8(12)5-7-3-1-2-4-9(7)10/h6-7H,2-5H2,1H3;5-6,12H,1-4H2. The van der Waals surface area contributed by atoms with E-state index in [1.54, 1.807) is 13.2 Å². The van der Waals surface area contributed by atoms with E-state index in [0.29, 0.717) is 5.75 Å². The summed E-state index contributed by atoms with van der Waals surface area (Å²) in [6.45, 7) is 0. The largest absolute Gasteiger partial charge is 0.508 e. The van der Waals surface area contributed by atoms with Crippen molar-refractivity contribution in [3.63, 3.8) is 0 Å². The van der Waals surface area contributed by atoms with Gasteiger partial charge in [-0.05, 0) is 97.9 Å². The molecule has 2 aliphatic carbocycles. The van der Waals surface area contributed by atoms with Crippen molar-refractivity contribution in [2.24, 2.45) is 0 Å². The van der Waals surface area contributed by atoms with Gasteiger partial charge in [-0.3, -0.25) is 0 Å². The second kappa shape index (κ2) is 8.59. The van der Waals surface area contributed by atoms with Gasteiger partial charge in [-0.2, -0.15) is 0 Å². The fourth-order valence-electron chi connectivity index (χ4n) is 3.70. The van der Waals surface area contributed by atoms with E-state index in [9.17, 15) is 5.11 Å². The number of rotatable bonds is 1. The predicted octanol–water partition coefficient (Wildman–Crippen LogP) is 6.37. The molecule has 0 saturated heterocycles. The molecular weight excluding hydrogens is 444 g/mol. The zero-order valence-corrected chi connectivity index (χ0v) is 17.7. The maximum absolute atomic E-state index is 9.34. The summed E-state index contributed by atoms with van der Waals surface area (Å²) in [5, 5.41) is 9.34. The first-order chi connectivity index (χ1) is 12.1. The van der Waals surface area contributed by atoms with Gasteiger partial charge in [0.2, 0.25) is 0 Å². The Morgan fingerprint density at radius 1 is 0.760 bits per heavy atom. The van der Waals surface area contributed by atoms with Crippen molar-refractivity contribution in [3.05, 3.63) is 55.5 Å². The lowest BCUT2D eigenvalue weighted by molar-refractivity contribution is 0.413. The maximum atomic E-state index is 9.34. The first kappa shape index (κ1) is 18.8. The molecule has 0 atom stereocenters. The molecule has 0 unspecified atom stereocenters. The first-order valence-corrected chi connectivity index (χ1v) is 10.5. The lowest BCUT2D eigenvalue weighted by Crippen LogP contribution is -2.03. The number of halogens is 2. The zero-order chi connectivity index (χ0) is 17.8. The van der Waals surface area contributed by atoms with Gasteiger partial charge >= 0.3 is 0 Å². The molecule has 0 aliphatic heterocycles. The van der Waals surface area contributed by atoms with Crippen molar-refractivity contribution in [2.75, 3.05) is 7.11 Å². The van der Waals surface area contributed by atoms with E-state index in [1.807, 2.05) is 6.07 Å². The maximum Gasteiger partial charge on any atom is 0.120 e. The lowest BCUT2D eigenvalue weighted by Gasteiger charge is -2.18. The van der Waals surface area contributed by atoms with Crippen molar-refractivity contribution < 1.29 is 9.84 Å². The molecule has 134 valence electrons. The molecule has 25 heavy (non-hydrogen) atoms. The fraction of sp³-hybridized carbons (Fsp3) is 0.429. The number of methoxy groups -OCH3 is 1. The Bertz CT molecular complexity index is 756. The summed E-state index contributed by atoms with van der Waals surface area (Å²) in [4.78, 5) is 0. The average Bonchev–Trinajstić information content (AvgIpc) is 2.62. The fourth-order valence-corrected chi connectivity index (χ4v) is 5.07. The normalized spacial score (nSPS) is 15.5. The van der Waals surface area contributed by atoms with Gasteiger partial charge in [-0.15, -0.1) is 0 Å². The minimum atomic E-state index is 0.377. The van der Waals surface area contributed by atoms with Gasteiger partial charge in [0.15, 0.2) is 0 Å². The van der Waals surface area contributed by atoms with Crippen molar-refractivity contribution in [2.45, 2.75) is 51.4 Å². The third kappa shape index (κ3) is 4.59. The van der Waals surface area contributed by atoms with E-state index in [-0.39, 0.29) is 0 Å². The van der Waals surface area contributed by atoms with Gasteiger partial charge in [-0.25, -0.2) is 0 Å². The van der Waals surface area contributed by atoms with E-state index >= 15 is 0 Å². The summed E-state index contributed by atoms with van der Waals surface area (Å²) >= 11 is 7.07. The molecule has 0 amide bonds. The van der Waals surface area contributed by atoms with Crippen molar-refractivity contribution in [3.8, 4) is 11.5 Å². The number of fused-ring (bicyclic) bond motifs is 2. The summed E-state index contributed by atoms with van der Waals surface area (Å²) in [6, 6.07) is 7.90. The molecule has 4 heteroatoms. The van der Waals surface area contributed by atoms with Gasteiger partial charge in [-0.1, -0.05) is 31.9 Å².